The molecule has 0 saturated heterocycles. The molecule has 5 nitrogen and oxygen atoms in total. The first-order chi connectivity index (χ1) is 10.3. The van der Waals surface area contributed by atoms with Crippen LogP contribution in [-0.2, 0) is 13.0 Å². The first-order valence-corrected chi connectivity index (χ1v) is 7.78. The van der Waals surface area contributed by atoms with Crippen LogP contribution in [0.25, 0.3) is 5.65 Å². The van der Waals surface area contributed by atoms with Crippen LogP contribution in [-0.4, -0.2) is 26.1 Å². The molecule has 0 N–H and O–H groups in total. The lowest BCUT2D eigenvalue weighted by atomic mass is 10.0. The van der Waals surface area contributed by atoms with Crippen LogP contribution in [0.2, 0.25) is 0 Å². The summed E-state index contributed by atoms with van der Waals surface area (Å²) in [5.74, 6) is 0.905. The highest BCUT2D eigenvalue weighted by molar-refractivity contribution is 9.10. The highest BCUT2D eigenvalue weighted by Crippen LogP contribution is 2.28. The second kappa shape index (κ2) is 5.11. The Hall–Kier alpha value is -1.95. The van der Waals surface area contributed by atoms with Gasteiger partial charge >= 0.3 is 0 Å². The average molecular weight is 344 g/mol. The molecule has 0 spiro atoms. The number of rotatable bonds is 1. The fourth-order valence-electron chi connectivity index (χ4n) is 2.91. The molecule has 6 heteroatoms. The summed E-state index contributed by atoms with van der Waals surface area (Å²) in [5, 5.41) is 8.17. The van der Waals surface area contributed by atoms with Crippen molar-refractivity contribution in [1.29, 1.82) is 0 Å². The Morgan fingerprint density at radius 3 is 3.14 bits per heavy atom. The smallest absolute Gasteiger partial charge is 0.203 e. The molecule has 3 aromatic rings. The Morgan fingerprint density at radius 2 is 2.19 bits per heavy atom. The lowest BCUT2D eigenvalue weighted by Crippen LogP contribution is -2.24. The number of anilines is 1. The van der Waals surface area contributed by atoms with Gasteiger partial charge in [-0.1, -0.05) is 28.1 Å². The normalized spacial score (nSPS) is 15.0. The molecule has 0 bridgehead atoms. The van der Waals surface area contributed by atoms with Crippen LogP contribution in [0, 0.1) is 0 Å². The Labute approximate surface area is 130 Å². The Bertz CT molecular complexity index is 798. The van der Waals surface area contributed by atoms with Crippen molar-refractivity contribution < 1.29 is 0 Å². The predicted octanol–water partition coefficient (Wildman–Crippen LogP) is 2.84. The van der Waals surface area contributed by atoms with Crippen molar-refractivity contribution in [3.8, 4) is 0 Å². The van der Waals surface area contributed by atoms with Crippen LogP contribution in [0.3, 0.4) is 0 Å². The summed E-state index contributed by atoms with van der Waals surface area (Å²) in [6, 6.07) is 6.41. The van der Waals surface area contributed by atoms with Crippen LogP contribution in [0.1, 0.15) is 17.5 Å². The third-order valence-corrected chi connectivity index (χ3v) is 4.67. The fraction of sp³-hybridized carbons (Fsp3) is 0.267. The molecule has 0 aliphatic carbocycles. The van der Waals surface area contributed by atoms with E-state index in [-0.39, 0.29) is 0 Å². The number of benzene rings is 1. The van der Waals surface area contributed by atoms with Crippen LogP contribution in [0.5, 0.6) is 0 Å². The summed E-state index contributed by atoms with van der Waals surface area (Å²) in [6.07, 6.45) is 7.58. The van der Waals surface area contributed by atoms with Gasteiger partial charge in [0.15, 0.2) is 5.82 Å². The third kappa shape index (κ3) is 2.19. The van der Waals surface area contributed by atoms with Gasteiger partial charge in [-0.25, -0.2) is 4.98 Å². The second-order valence-corrected chi connectivity index (χ2v) is 6.07. The minimum Gasteiger partial charge on any atom is -0.349 e. The number of hydrogen-bond acceptors (Lipinski definition) is 4. The van der Waals surface area contributed by atoms with Crippen molar-refractivity contribution in [2.45, 2.75) is 19.4 Å². The first-order valence-electron chi connectivity index (χ1n) is 6.98. The molecule has 1 aromatic carbocycles. The molecule has 0 amide bonds. The van der Waals surface area contributed by atoms with E-state index < -0.39 is 0 Å². The van der Waals surface area contributed by atoms with E-state index in [1.165, 1.54) is 15.6 Å². The Morgan fingerprint density at radius 1 is 1.24 bits per heavy atom. The number of nitrogens with zero attached hydrogens (tertiary/aromatic N) is 5. The summed E-state index contributed by atoms with van der Waals surface area (Å²) in [6.45, 7) is 1.83. The minimum atomic E-state index is 0.816. The molecule has 4 rings (SSSR count). The molecule has 1 aliphatic rings. The van der Waals surface area contributed by atoms with Crippen LogP contribution in [0.4, 0.5) is 5.82 Å². The maximum atomic E-state index is 4.53. The number of aromatic nitrogens is 4. The largest absolute Gasteiger partial charge is 0.349 e. The average Bonchev–Trinajstić information content (AvgIpc) is 2.86. The summed E-state index contributed by atoms with van der Waals surface area (Å²) in [7, 11) is 0. The fourth-order valence-corrected chi connectivity index (χ4v) is 3.52. The van der Waals surface area contributed by atoms with Crippen LogP contribution < -0.4 is 4.90 Å². The van der Waals surface area contributed by atoms with Gasteiger partial charge in [0.25, 0.3) is 0 Å². The molecule has 0 unspecified atom stereocenters. The van der Waals surface area contributed by atoms with Gasteiger partial charge in [-0.05, 0) is 30.0 Å². The standard InChI is InChI=1S/C15H14BrN5/c16-13-5-1-3-11-9-20(7-2-4-12(11)13)14-15-19-18-10-21(15)8-6-17-14/h1,3,5-6,8,10H,2,4,7,9H2. The highest BCUT2D eigenvalue weighted by Gasteiger charge is 2.19. The topological polar surface area (TPSA) is 46.3 Å². The molecule has 106 valence electrons. The highest BCUT2D eigenvalue weighted by atomic mass is 79.9. The van der Waals surface area contributed by atoms with Gasteiger partial charge in [-0.15, -0.1) is 10.2 Å². The van der Waals surface area contributed by atoms with E-state index in [0.717, 1.165) is 37.4 Å². The molecule has 0 saturated carbocycles. The molecule has 0 fully saturated rings. The van der Waals surface area contributed by atoms with Gasteiger partial charge in [-0.3, -0.25) is 4.40 Å². The monoisotopic (exact) mass is 343 g/mol. The SMILES string of the molecule is Brc1cccc2c1CCCN(c1nccn3cnnc13)C2. The number of hydrogen-bond donors (Lipinski definition) is 0. The van der Waals surface area contributed by atoms with E-state index in [4.69, 9.17) is 0 Å². The zero-order valence-corrected chi connectivity index (χ0v) is 13.0. The van der Waals surface area contributed by atoms with Crippen molar-refractivity contribution >= 4 is 27.4 Å². The van der Waals surface area contributed by atoms with Gasteiger partial charge in [0.2, 0.25) is 5.65 Å². The molecule has 0 atom stereocenters. The van der Waals surface area contributed by atoms with Crippen molar-refractivity contribution in [1.82, 2.24) is 19.6 Å². The lowest BCUT2D eigenvalue weighted by Gasteiger charge is -2.22. The lowest BCUT2D eigenvalue weighted by molar-refractivity contribution is 0.753. The maximum absolute atomic E-state index is 4.53. The maximum Gasteiger partial charge on any atom is 0.203 e. The summed E-state index contributed by atoms with van der Waals surface area (Å²) in [5.41, 5.74) is 3.58. The summed E-state index contributed by atoms with van der Waals surface area (Å²) in [4.78, 5) is 6.82. The van der Waals surface area contributed by atoms with E-state index >= 15 is 0 Å². The van der Waals surface area contributed by atoms with Gasteiger partial charge in [0.1, 0.15) is 6.33 Å². The summed E-state index contributed by atoms with van der Waals surface area (Å²) < 4.78 is 3.12. The van der Waals surface area contributed by atoms with Crippen molar-refractivity contribution in [2.75, 3.05) is 11.4 Å². The zero-order chi connectivity index (χ0) is 14.2. The van der Waals surface area contributed by atoms with Gasteiger partial charge in [0.05, 0.1) is 0 Å². The Balaban J connectivity index is 1.78. The molecule has 1 aliphatic heterocycles. The van der Waals surface area contributed by atoms with E-state index in [1.807, 2.05) is 10.6 Å². The molecule has 3 heterocycles. The van der Waals surface area contributed by atoms with Crippen molar-refractivity contribution in [2.24, 2.45) is 0 Å². The molecular formula is C15H14BrN5. The van der Waals surface area contributed by atoms with Gasteiger partial charge in [-0.2, -0.15) is 0 Å². The van der Waals surface area contributed by atoms with Crippen LogP contribution >= 0.6 is 15.9 Å². The molecule has 21 heavy (non-hydrogen) atoms. The third-order valence-electron chi connectivity index (χ3n) is 3.93. The zero-order valence-electron chi connectivity index (χ0n) is 11.4. The quantitative estimate of drug-likeness (QED) is 0.681. The van der Waals surface area contributed by atoms with Crippen LogP contribution in [0.15, 0.2) is 41.4 Å². The van der Waals surface area contributed by atoms with Gasteiger partial charge < -0.3 is 4.90 Å². The van der Waals surface area contributed by atoms with E-state index in [0.29, 0.717) is 0 Å². The van der Waals surface area contributed by atoms with E-state index in [9.17, 15) is 0 Å². The predicted molar refractivity (Wildman–Crippen MR) is 84.3 cm³/mol. The molecule has 2 aromatic heterocycles. The second-order valence-electron chi connectivity index (χ2n) is 5.22. The number of fused-ring (bicyclic) bond motifs is 2. The summed E-state index contributed by atoms with van der Waals surface area (Å²) >= 11 is 3.67. The minimum absolute atomic E-state index is 0.816. The van der Waals surface area contributed by atoms with E-state index in [1.54, 1.807) is 12.5 Å². The Kier molecular flexibility index (Phi) is 3.11. The van der Waals surface area contributed by atoms with Gasteiger partial charge in [0, 0.05) is 30.0 Å². The molecule has 0 radical (unpaired) electrons. The van der Waals surface area contributed by atoms with E-state index in [2.05, 4.69) is 54.2 Å². The number of halogens is 1. The first kappa shape index (κ1) is 12.8. The van der Waals surface area contributed by atoms with Crippen molar-refractivity contribution in [3.63, 3.8) is 0 Å². The molecular weight excluding hydrogens is 330 g/mol. The van der Waals surface area contributed by atoms with Crippen molar-refractivity contribution in [3.05, 3.63) is 52.5 Å².